The van der Waals surface area contributed by atoms with Gasteiger partial charge in [-0.25, -0.2) is 0 Å². The second-order valence-electron chi connectivity index (χ2n) is 9.31. The minimum atomic E-state index is -2.02. The average molecular weight is 473 g/mol. The van der Waals surface area contributed by atoms with E-state index in [1.165, 1.54) is 6.92 Å². The van der Waals surface area contributed by atoms with Gasteiger partial charge in [0.25, 0.3) is 5.91 Å². The first-order valence-electron chi connectivity index (χ1n) is 11.4. The first-order valence-corrected chi connectivity index (χ1v) is 11.4. The summed E-state index contributed by atoms with van der Waals surface area (Å²) < 4.78 is 0. The van der Waals surface area contributed by atoms with E-state index >= 15 is 0 Å². The number of aryl methyl sites for hydroxylation is 1. The number of aromatic hydroxyl groups is 1. The van der Waals surface area contributed by atoms with E-state index in [0.29, 0.717) is 24.7 Å². The van der Waals surface area contributed by atoms with Crippen molar-refractivity contribution in [1.82, 2.24) is 0 Å². The molecule has 0 saturated heterocycles. The highest BCUT2D eigenvalue weighted by Gasteiger charge is 2.52. The largest absolute Gasteiger partial charge is 0.515 e. The van der Waals surface area contributed by atoms with Crippen LogP contribution in [-0.4, -0.2) is 43.5 Å². The Labute approximate surface area is 197 Å². The van der Waals surface area contributed by atoms with Crippen molar-refractivity contribution < 1.29 is 34.8 Å². The molecule has 1 aromatic rings. The highest BCUT2D eigenvalue weighted by molar-refractivity contribution is 6.19. The van der Waals surface area contributed by atoms with Gasteiger partial charge in [0.05, 0.1) is 11.8 Å². The summed E-state index contributed by atoms with van der Waals surface area (Å²) in [7, 11) is 0. The number of carbonyl (C=O) groups is 3. The lowest BCUT2D eigenvalue weighted by Crippen LogP contribution is -2.52. The fourth-order valence-corrected chi connectivity index (χ4v) is 5.15. The zero-order valence-electron chi connectivity index (χ0n) is 19.4. The molecule has 0 spiro atoms. The number of amides is 1. The molecule has 0 aromatic heterocycles. The normalized spacial score (nSPS) is 24.6. The first-order chi connectivity index (χ1) is 16.0. The maximum atomic E-state index is 13.3. The molecule has 2 aliphatic carbocycles. The summed E-state index contributed by atoms with van der Waals surface area (Å²) in [5.41, 5.74) is 10.6. The third-order valence-electron chi connectivity index (χ3n) is 7.14. The monoisotopic (exact) mass is 472 g/mol. The maximum Gasteiger partial charge on any atom is 0.255 e. The predicted molar refractivity (Wildman–Crippen MR) is 125 cm³/mol. The highest BCUT2D eigenvalue weighted by Crippen LogP contribution is 2.49. The SMILES string of the molecule is CCCCc1cc(CN)c(O)c2c1CC1CC(CC(=O)C(=CO)C(N)=O)[C@](C)(O)C(=O)C1=C2O. The molecule has 3 rings (SSSR count). The smallest absolute Gasteiger partial charge is 0.255 e. The maximum absolute atomic E-state index is 13.3. The van der Waals surface area contributed by atoms with E-state index in [0.717, 1.165) is 24.0 Å². The van der Waals surface area contributed by atoms with Crippen molar-refractivity contribution in [3.8, 4) is 5.75 Å². The quantitative estimate of drug-likeness (QED) is 0.143. The van der Waals surface area contributed by atoms with Gasteiger partial charge in [0.15, 0.2) is 11.6 Å². The summed E-state index contributed by atoms with van der Waals surface area (Å²) in [4.78, 5) is 37.3. The van der Waals surface area contributed by atoms with Crippen molar-refractivity contribution in [3.05, 3.63) is 45.7 Å². The molecule has 9 heteroatoms. The number of fused-ring (bicyclic) bond motifs is 2. The van der Waals surface area contributed by atoms with Crippen LogP contribution >= 0.6 is 0 Å². The summed E-state index contributed by atoms with van der Waals surface area (Å²) in [6, 6.07) is 1.83. The van der Waals surface area contributed by atoms with Gasteiger partial charge in [-0.05, 0) is 49.7 Å². The molecular formula is C25H32N2O7. The standard InChI is InChI=1S/C25H32N2O7/c1-3-4-5-12-6-14(10-26)21(30)20-16(12)8-13-7-15(9-18(29)17(11-28)24(27)33)25(2,34)23(32)19(13)22(20)31/h6,11,13,15,28,30-31,34H,3-5,7-10,26H2,1-2H3,(H2,27,33)/t13?,15?,25-/m0/s1. The van der Waals surface area contributed by atoms with Gasteiger partial charge in [0, 0.05) is 30.0 Å². The van der Waals surface area contributed by atoms with E-state index in [-0.39, 0.29) is 42.0 Å². The number of ketones is 2. The van der Waals surface area contributed by atoms with Gasteiger partial charge in [-0.15, -0.1) is 0 Å². The lowest BCUT2D eigenvalue weighted by Gasteiger charge is -2.43. The number of aliphatic hydroxyl groups excluding tert-OH is 2. The van der Waals surface area contributed by atoms with Crippen LogP contribution in [0, 0.1) is 11.8 Å². The van der Waals surface area contributed by atoms with E-state index in [9.17, 15) is 34.8 Å². The molecule has 1 aromatic carbocycles. The number of hydrogen-bond donors (Lipinski definition) is 6. The first kappa shape index (κ1) is 25.5. The zero-order valence-corrected chi connectivity index (χ0v) is 19.4. The fourth-order valence-electron chi connectivity index (χ4n) is 5.15. The zero-order chi connectivity index (χ0) is 25.4. The highest BCUT2D eigenvalue weighted by atomic mass is 16.3. The van der Waals surface area contributed by atoms with Crippen LogP contribution in [0.5, 0.6) is 5.75 Å². The molecule has 2 aliphatic rings. The van der Waals surface area contributed by atoms with E-state index in [1.54, 1.807) is 0 Å². The Kier molecular flexibility index (Phi) is 7.18. The number of benzene rings is 1. The van der Waals surface area contributed by atoms with Crippen molar-refractivity contribution in [2.75, 3.05) is 0 Å². The van der Waals surface area contributed by atoms with Crippen LogP contribution < -0.4 is 11.5 Å². The van der Waals surface area contributed by atoms with Crippen molar-refractivity contribution >= 4 is 23.2 Å². The molecule has 8 N–H and O–H groups in total. The third kappa shape index (κ3) is 4.21. The van der Waals surface area contributed by atoms with Crippen LogP contribution in [0.25, 0.3) is 5.76 Å². The molecular weight excluding hydrogens is 440 g/mol. The predicted octanol–water partition coefficient (Wildman–Crippen LogP) is 1.86. The summed E-state index contributed by atoms with van der Waals surface area (Å²) in [5.74, 6) is -4.56. The van der Waals surface area contributed by atoms with Gasteiger partial charge in [0.2, 0.25) is 0 Å². The van der Waals surface area contributed by atoms with Crippen LogP contribution in [-0.2, 0) is 33.8 Å². The number of phenolic OH excluding ortho intramolecular Hbond substituents is 1. The Morgan fingerprint density at radius 2 is 1.94 bits per heavy atom. The van der Waals surface area contributed by atoms with Crippen molar-refractivity contribution in [2.45, 2.75) is 64.5 Å². The number of Topliss-reactive ketones (excluding diaryl/α,β-unsaturated/α-hetero) is 2. The molecule has 1 saturated carbocycles. The average Bonchev–Trinajstić information content (AvgIpc) is 2.77. The third-order valence-corrected chi connectivity index (χ3v) is 7.14. The van der Waals surface area contributed by atoms with E-state index < -0.39 is 40.5 Å². The van der Waals surface area contributed by atoms with Crippen LogP contribution in [0.2, 0.25) is 0 Å². The number of nitrogens with two attached hydrogens (primary N) is 2. The molecule has 184 valence electrons. The summed E-state index contributed by atoms with van der Waals surface area (Å²) in [6.07, 6.45) is 2.98. The van der Waals surface area contributed by atoms with Crippen LogP contribution in [0.15, 0.2) is 23.5 Å². The Morgan fingerprint density at radius 3 is 2.50 bits per heavy atom. The summed E-state index contributed by atoms with van der Waals surface area (Å²) >= 11 is 0. The molecule has 9 nitrogen and oxygen atoms in total. The Balaban J connectivity index is 2.08. The van der Waals surface area contributed by atoms with Crippen molar-refractivity contribution in [1.29, 1.82) is 0 Å². The molecule has 2 unspecified atom stereocenters. The van der Waals surface area contributed by atoms with Gasteiger partial charge in [0.1, 0.15) is 22.7 Å². The molecule has 34 heavy (non-hydrogen) atoms. The van der Waals surface area contributed by atoms with Gasteiger partial charge in [-0.2, -0.15) is 0 Å². The number of carbonyl (C=O) groups excluding carboxylic acids is 3. The number of rotatable bonds is 8. The molecule has 0 bridgehead atoms. The van der Waals surface area contributed by atoms with Crippen LogP contribution in [0.3, 0.4) is 0 Å². The molecule has 0 heterocycles. The second kappa shape index (κ2) is 9.60. The topological polar surface area (TPSA) is 184 Å². The van der Waals surface area contributed by atoms with E-state index in [1.807, 2.05) is 6.07 Å². The summed E-state index contributed by atoms with van der Waals surface area (Å²) in [5, 5.41) is 42.2. The minimum Gasteiger partial charge on any atom is -0.515 e. The Hall–Kier alpha value is -3.17. The molecule has 1 amide bonds. The number of phenols is 1. The van der Waals surface area contributed by atoms with Crippen LogP contribution in [0.1, 0.15) is 61.8 Å². The Morgan fingerprint density at radius 1 is 1.26 bits per heavy atom. The van der Waals surface area contributed by atoms with Crippen molar-refractivity contribution in [3.63, 3.8) is 0 Å². The second-order valence-corrected chi connectivity index (χ2v) is 9.31. The summed E-state index contributed by atoms with van der Waals surface area (Å²) in [6.45, 7) is 3.37. The van der Waals surface area contributed by atoms with Crippen LogP contribution in [0.4, 0.5) is 0 Å². The lowest BCUT2D eigenvalue weighted by molar-refractivity contribution is -0.143. The molecule has 0 aliphatic heterocycles. The van der Waals surface area contributed by atoms with E-state index in [4.69, 9.17) is 11.5 Å². The number of hydrogen-bond acceptors (Lipinski definition) is 8. The van der Waals surface area contributed by atoms with Gasteiger partial charge in [-0.3, -0.25) is 14.4 Å². The van der Waals surface area contributed by atoms with E-state index in [2.05, 4.69) is 6.92 Å². The molecule has 0 radical (unpaired) electrons. The number of unbranched alkanes of at least 4 members (excludes halogenated alkanes) is 1. The van der Waals surface area contributed by atoms with Gasteiger partial charge < -0.3 is 31.9 Å². The van der Waals surface area contributed by atoms with Gasteiger partial charge in [-0.1, -0.05) is 19.4 Å². The van der Waals surface area contributed by atoms with Crippen molar-refractivity contribution in [2.24, 2.45) is 23.3 Å². The number of primary amides is 1. The molecule has 1 fully saturated rings. The fraction of sp³-hybridized carbons (Fsp3) is 0.480. The molecule has 3 atom stereocenters. The Bertz CT molecular complexity index is 1100. The number of aliphatic hydroxyl groups is 3. The van der Waals surface area contributed by atoms with Gasteiger partial charge >= 0.3 is 0 Å². The lowest BCUT2D eigenvalue weighted by atomic mass is 9.62. The minimum absolute atomic E-state index is 0.0138.